The van der Waals surface area contributed by atoms with E-state index in [0.29, 0.717) is 6.61 Å². The predicted molar refractivity (Wildman–Crippen MR) is 57.9 cm³/mol. The first kappa shape index (κ1) is 12.2. The highest BCUT2D eigenvalue weighted by atomic mass is 16.6. The van der Waals surface area contributed by atoms with E-state index in [4.69, 9.17) is 10.1 Å². The van der Waals surface area contributed by atoms with Gasteiger partial charge in [-0.25, -0.2) is 0 Å². The number of carbonyl (C=O) groups is 1. The van der Waals surface area contributed by atoms with Gasteiger partial charge in [0.2, 0.25) is 5.91 Å². The van der Waals surface area contributed by atoms with Crippen molar-refractivity contribution in [3.05, 3.63) is 35.9 Å². The molecule has 0 saturated carbocycles. The van der Waals surface area contributed by atoms with Gasteiger partial charge in [-0.05, 0) is 5.56 Å². The lowest BCUT2D eigenvalue weighted by Crippen LogP contribution is -2.33. The van der Waals surface area contributed by atoms with Gasteiger partial charge >= 0.3 is 0 Å². The highest BCUT2D eigenvalue weighted by Crippen LogP contribution is 1.98. The lowest BCUT2D eigenvalue weighted by atomic mass is 10.2. The Bertz CT molecular complexity index is 359. The number of carbonyl (C=O) groups excluding carboxylic acids is 1. The van der Waals surface area contributed by atoms with E-state index in [0.717, 1.165) is 5.56 Å². The second-order valence-corrected chi connectivity index (χ2v) is 3.03. The largest absolute Gasteiger partial charge is 0.342 e. The Kier molecular flexibility index (Phi) is 5.63. The topological polar surface area (TPSA) is 74.2 Å². The monoisotopic (exact) mass is 219 g/mol. The summed E-state index contributed by atoms with van der Waals surface area (Å²) in [5.74, 6) is -0.269. The molecule has 0 aromatic heterocycles. The first-order valence-electron chi connectivity index (χ1n) is 4.85. The highest BCUT2D eigenvalue weighted by molar-refractivity contribution is 5.78. The Morgan fingerprint density at radius 3 is 2.81 bits per heavy atom. The molecule has 0 saturated heterocycles. The number of nitrogens with one attached hydrogen (secondary N) is 2. The van der Waals surface area contributed by atoms with Crippen LogP contribution < -0.4 is 10.8 Å². The van der Waals surface area contributed by atoms with Crippen LogP contribution in [0, 0.1) is 11.3 Å². The summed E-state index contributed by atoms with van der Waals surface area (Å²) < 4.78 is 0. The van der Waals surface area contributed by atoms with E-state index in [1.54, 1.807) is 0 Å². The van der Waals surface area contributed by atoms with E-state index >= 15 is 0 Å². The zero-order chi connectivity index (χ0) is 11.6. The number of benzene rings is 1. The zero-order valence-corrected chi connectivity index (χ0v) is 8.77. The molecule has 0 bridgehead atoms. The average Bonchev–Trinajstić information content (AvgIpc) is 2.33. The number of nitriles is 1. The van der Waals surface area contributed by atoms with Crippen molar-refractivity contribution in [2.24, 2.45) is 0 Å². The van der Waals surface area contributed by atoms with Gasteiger partial charge in [-0.3, -0.25) is 9.63 Å². The Labute approximate surface area is 94.0 Å². The van der Waals surface area contributed by atoms with Crippen molar-refractivity contribution in [1.29, 1.82) is 5.26 Å². The lowest BCUT2D eigenvalue weighted by molar-refractivity contribution is -0.122. The number of hydrogen-bond acceptors (Lipinski definition) is 4. The van der Waals surface area contributed by atoms with Gasteiger partial charge in [0, 0.05) is 0 Å². The van der Waals surface area contributed by atoms with Crippen molar-refractivity contribution in [2.45, 2.75) is 6.61 Å². The van der Waals surface area contributed by atoms with E-state index in [-0.39, 0.29) is 19.0 Å². The van der Waals surface area contributed by atoms with E-state index < -0.39 is 0 Å². The molecular weight excluding hydrogens is 206 g/mol. The molecule has 2 N–H and O–H groups in total. The maximum absolute atomic E-state index is 11.0. The molecule has 1 amide bonds. The first-order chi connectivity index (χ1) is 7.83. The van der Waals surface area contributed by atoms with Crippen LogP contribution in [0.15, 0.2) is 30.3 Å². The second-order valence-electron chi connectivity index (χ2n) is 3.03. The smallest absolute Gasteiger partial charge is 0.237 e. The fourth-order valence-electron chi connectivity index (χ4n) is 1.03. The maximum Gasteiger partial charge on any atom is 0.237 e. The van der Waals surface area contributed by atoms with Crippen molar-refractivity contribution >= 4 is 5.91 Å². The van der Waals surface area contributed by atoms with Crippen LogP contribution in [0.2, 0.25) is 0 Å². The molecule has 5 heteroatoms. The van der Waals surface area contributed by atoms with Crippen LogP contribution >= 0.6 is 0 Å². The van der Waals surface area contributed by atoms with Crippen molar-refractivity contribution < 1.29 is 9.63 Å². The third kappa shape index (κ3) is 5.10. The number of rotatable bonds is 6. The molecule has 84 valence electrons. The molecule has 0 aliphatic rings. The Hall–Kier alpha value is -1.90. The number of nitrogens with zero attached hydrogens (tertiary/aromatic N) is 1. The molecule has 1 aromatic rings. The maximum atomic E-state index is 11.0. The van der Waals surface area contributed by atoms with Crippen LogP contribution in [-0.4, -0.2) is 19.0 Å². The van der Waals surface area contributed by atoms with E-state index in [9.17, 15) is 4.79 Å². The van der Waals surface area contributed by atoms with Gasteiger partial charge in [-0.1, -0.05) is 30.3 Å². The number of amides is 1. The summed E-state index contributed by atoms with van der Waals surface area (Å²) in [5.41, 5.74) is 3.54. The van der Waals surface area contributed by atoms with Gasteiger partial charge in [0.15, 0.2) is 0 Å². The quantitative estimate of drug-likeness (QED) is 0.411. The molecule has 1 aromatic carbocycles. The minimum atomic E-state index is -0.269. The van der Waals surface area contributed by atoms with Gasteiger partial charge in [-0.2, -0.15) is 10.7 Å². The molecular formula is C11H13N3O2. The molecule has 0 aliphatic carbocycles. The fourth-order valence-corrected chi connectivity index (χ4v) is 1.03. The minimum Gasteiger partial charge on any atom is -0.342 e. The SMILES string of the molecule is N#CCNC(=O)CNOCc1ccccc1. The molecule has 0 heterocycles. The number of hydroxylamine groups is 1. The van der Waals surface area contributed by atoms with Crippen LogP contribution in [0.5, 0.6) is 0 Å². The first-order valence-corrected chi connectivity index (χ1v) is 4.85. The van der Waals surface area contributed by atoms with Crippen molar-refractivity contribution in [3.63, 3.8) is 0 Å². The molecule has 0 spiro atoms. The summed E-state index contributed by atoms with van der Waals surface area (Å²) in [6.07, 6.45) is 0. The summed E-state index contributed by atoms with van der Waals surface area (Å²) in [4.78, 5) is 16.1. The van der Waals surface area contributed by atoms with Crippen molar-refractivity contribution in [3.8, 4) is 6.07 Å². The Morgan fingerprint density at radius 1 is 1.38 bits per heavy atom. The standard InChI is InChI=1S/C11H13N3O2/c12-6-7-13-11(15)8-14-16-9-10-4-2-1-3-5-10/h1-5,14H,7-9H2,(H,13,15). The molecule has 0 atom stereocenters. The summed E-state index contributed by atoms with van der Waals surface area (Å²) in [6.45, 7) is 0.445. The van der Waals surface area contributed by atoms with Crippen LogP contribution in [0.4, 0.5) is 0 Å². The summed E-state index contributed by atoms with van der Waals surface area (Å²) >= 11 is 0. The molecule has 5 nitrogen and oxygen atoms in total. The molecule has 0 unspecified atom stereocenters. The fraction of sp³-hybridized carbons (Fsp3) is 0.273. The van der Waals surface area contributed by atoms with Gasteiger partial charge in [-0.15, -0.1) is 0 Å². The van der Waals surface area contributed by atoms with E-state index in [1.807, 2.05) is 36.4 Å². The van der Waals surface area contributed by atoms with Gasteiger partial charge < -0.3 is 5.32 Å². The third-order valence-electron chi connectivity index (χ3n) is 1.78. The molecule has 1 rings (SSSR count). The molecule has 16 heavy (non-hydrogen) atoms. The van der Waals surface area contributed by atoms with E-state index in [2.05, 4.69) is 10.8 Å². The molecule has 0 fully saturated rings. The Balaban J connectivity index is 2.08. The molecule has 0 radical (unpaired) electrons. The van der Waals surface area contributed by atoms with Gasteiger partial charge in [0.25, 0.3) is 0 Å². The van der Waals surface area contributed by atoms with Gasteiger partial charge in [0.1, 0.15) is 6.54 Å². The molecule has 0 aliphatic heterocycles. The van der Waals surface area contributed by atoms with Crippen molar-refractivity contribution in [2.75, 3.05) is 13.1 Å². The van der Waals surface area contributed by atoms with Crippen LogP contribution in [0.1, 0.15) is 5.56 Å². The predicted octanol–water partition coefficient (Wildman–Crippen LogP) is 0.348. The number of hydrogen-bond donors (Lipinski definition) is 2. The van der Waals surface area contributed by atoms with Crippen LogP contribution in [0.25, 0.3) is 0 Å². The summed E-state index contributed by atoms with van der Waals surface area (Å²) in [7, 11) is 0. The zero-order valence-electron chi connectivity index (χ0n) is 8.77. The van der Waals surface area contributed by atoms with E-state index in [1.165, 1.54) is 0 Å². The van der Waals surface area contributed by atoms with Gasteiger partial charge in [0.05, 0.1) is 19.2 Å². The summed E-state index contributed by atoms with van der Waals surface area (Å²) in [5, 5.41) is 10.6. The highest BCUT2D eigenvalue weighted by Gasteiger charge is 1.98. The normalized spacial score (nSPS) is 9.44. The van der Waals surface area contributed by atoms with Crippen molar-refractivity contribution in [1.82, 2.24) is 10.8 Å². The third-order valence-corrected chi connectivity index (χ3v) is 1.78. The van der Waals surface area contributed by atoms with Crippen LogP contribution in [0.3, 0.4) is 0 Å². The lowest BCUT2D eigenvalue weighted by Gasteiger charge is -2.05. The Morgan fingerprint density at radius 2 is 2.12 bits per heavy atom. The minimum absolute atomic E-state index is 0.0131. The summed E-state index contributed by atoms with van der Waals surface area (Å²) in [6, 6.07) is 11.4. The average molecular weight is 219 g/mol. The second kappa shape index (κ2) is 7.40. The van der Waals surface area contributed by atoms with Crippen LogP contribution in [-0.2, 0) is 16.2 Å².